The molecule has 0 radical (unpaired) electrons. The number of nitrogens with one attached hydrogen (secondary N) is 6. The van der Waals surface area contributed by atoms with Gasteiger partial charge in [0.2, 0.25) is 35.4 Å². The molecular weight excluding hydrogens is 731 g/mol. The van der Waals surface area contributed by atoms with Gasteiger partial charge in [0.05, 0.1) is 25.7 Å². The van der Waals surface area contributed by atoms with Crippen molar-refractivity contribution in [1.29, 1.82) is 0 Å². The van der Waals surface area contributed by atoms with Gasteiger partial charge < -0.3 is 62.8 Å². The van der Waals surface area contributed by atoms with Crippen LogP contribution >= 0.6 is 0 Å². The first-order chi connectivity index (χ1) is 26.4. The quantitative estimate of drug-likeness (QED) is 0.0215. The summed E-state index contributed by atoms with van der Waals surface area (Å²) >= 11 is 0. The fraction of sp³-hybridized carbons (Fsp3) is 0.806. The first-order valence-corrected chi connectivity index (χ1v) is 19.8. The average molecular weight is 801 g/mol. The second-order valence-corrected chi connectivity index (χ2v) is 14.6. The van der Waals surface area contributed by atoms with Gasteiger partial charge >= 0.3 is 7.12 Å². The van der Waals surface area contributed by atoms with E-state index in [2.05, 4.69) is 38.8 Å². The zero-order valence-corrected chi connectivity index (χ0v) is 34.1. The Morgan fingerprint density at radius 3 is 1.73 bits per heavy atom. The second-order valence-electron chi connectivity index (χ2n) is 14.6. The van der Waals surface area contributed by atoms with Crippen molar-refractivity contribution in [2.75, 3.05) is 26.6 Å². The maximum atomic E-state index is 13.1. The van der Waals surface area contributed by atoms with E-state index in [4.69, 9.17) is 15.8 Å². The summed E-state index contributed by atoms with van der Waals surface area (Å²) in [4.78, 5) is 89.9. The van der Waals surface area contributed by atoms with Crippen LogP contribution in [0.5, 0.6) is 0 Å². The molecular formula is C36H69BN8O11. The highest BCUT2D eigenvalue weighted by molar-refractivity contribution is 6.41. The summed E-state index contributed by atoms with van der Waals surface area (Å²) in [5.41, 5.74) is 5.85. The Morgan fingerprint density at radius 2 is 1.23 bits per heavy atom. The lowest BCUT2D eigenvalue weighted by Gasteiger charge is -2.30. The van der Waals surface area contributed by atoms with Gasteiger partial charge in [0.1, 0.15) is 24.2 Å². The van der Waals surface area contributed by atoms with Crippen molar-refractivity contribution in [3.63, 3.8) is 0 Å². The van der Waals surface area contributed by atoms with Gasteiger partial charge in [-0.2, -0.15) is 0 Å². The zero-order valence-electron chi connectivity index (χ0n) is 34.1. The number of aliphatic hydroxyl groups is 2. The second kappa shape index (κ2) is 29.4. The Labute approximate surface area is 331 Å². The first kappa shape index (κ1) is 52.2. The molecule has 0 bridgehead atoms. The van der Waals surface area contributed by atoms with Crippen LogP contribution in [0.3, 0.4) is 0 Å². The van der Waals surface area contributed by atoms with E-state index in [1.807, 2.05) is 0 Å². The first-order valence-electron chi connectivity index (χ1n) is 19.8. The summed E-state index contributed by atoms with van der Waals surface area (Å²) < 4.78 is 0. The fourth-order valence-electron chi connectivity index (χ4n) is 5.69. The van der Waals surface area contributed by atoms with E-state index in [-0.39, 0.29) is 18.8 Å². The molecule has 1 unspecified atom stereocenters. The Balaban J connectivity index is 4.93. The van der Waals surface area contributed by atoms with Gasteiger partial charge in [-0.25, -0.2) is 0 Å². The third kappa shape index (κ3) is 22.6. The molecule has 0 spiro atoms. The van der Waals surface area contributed by atoms with Gasteiger partial charge in [-0.3, -0.25) is 33.6 Å². The molecule has 6 atom stereocenters. The molecule has 0 aromatic heterocycles. The molecule has 0 saturated carbocycles. The van der Waals surface area contributed by atoms with E-state index in [1.165, 1.54) is 65.8 Å². The maximum absolute atomic E-state index is 13.1. The van der Waals surface area contributed by atoms with Crippen LogP contribution in [-0.4, -0.2) is 137 Å². The van der Waals surface area contributed by atoms with E-state index in [9.17, 15) is 43.8 Å². The number of hydrogen-bond acceptors (Lipinski definition) is 12. The Bertz CT molecular complexity index is 1230. The lowest BCUT2D eigenvalue weighted by atomic mass is 9.92. The number of amides is 7. The van der Waals surface area contributed by atoms with E-state index in [0.29, 0.717) is 6.42 Å². The lowest BCUT2D eigenvalue weighted by Crippen LogP contribution is -2.62. The Kier molecular flexibility index (Phi) is 27.4. The predicted molar refractivity (Wildman–Crippen MR) is 210 cm³/mol. The van der Waals surface area contributed by atoms with Gasteiger partial charge in [-0.05, 0) is 32.6 Å². The van der Waals surface area contributed by atoms with E-state index < -0.39 is 105 Å². The van der Waals surface area contributed by atoms with Gasteiger partial charge in [0.15, 0.2) is 6.17 Å². The van der Waals surface area contributed by atoms with Crippen LogP contribution in [0.25, 0.3) is 0 Å². The molecule has 0 aliphatic carbocycles. The number of hydrogen-bond donors (Lipinski definition) is 11. The van der Waals surface area contributed by atoms with Gasteiger partial charge in [-0.15, -0.1) is 0 Å². The summed E-state index contributed by atoms with van der Waals surface area (Å²) in [7, 11) is -0.643. The Hall–Kier alpha value is -3.85. The van der Waals surface area contributed by atoms with Crippen LogP contribution < -0.4 is 37.6 Å². The van der Waals surface area contributed by atoms with Crippen LogP contribution in [0.2, 0.25) is 0 Å². The fourth-order valence-corrected chi connectivity index (χ4v) is 5.69. The molecule has 19 nitrogen and oxygen atoms in total. The molecule has 0 fully saturated rings. The molecule has 0 rings (SSSR count). The van der Waals surface area contributed by atoms with Crippen molar-refractivity contribution in [2.45, 2.75) is 155 Å². The van der Waals surface area contributed by atoms with Crippen molar-refractivity contribution in [3.8, 4) is 0 Å². The van der Waals surface area contributed by atoms with Gasteiger partial charge in [-0.1, -0.05) is 85.0 Å². The molecule has 0 aromatic rings. The van der Waals surface area contributed by atoms with Crippen molar-refractivity contribution in [1.82, 2.24) is 36.8 Å². The number of nitrogens with zero attached hydrogens (tertiary/aromatic N) is 1. The van der Waals surface area contributed by atoms with Crippen LogP contribution in [0.1, 0.15) is 118 Å². The number of aliphatic hydroxyl groups excluding tert-OH is 2. The molecule has 0 heterocycles. The molecule has 12 N–H and O–H groups in total. The average Bonchev–Trinajstić information content (AvgIpc) is 3.12. The monoisotopic (exact) mass is 801 g/mol. The summed E-state index contributed by atoms with van der Waals surface area (Å²) in [6.45, 7) is 6.93. The SMILES string of the molecule is CCCCCCCCCCCCCC(=O)N[C@H](CO)C(=O)N[C@H](C)C(=O)NCC(=O)N(C)[C@H](C(=O)N[C@@H](N)C(=O)N[C@@H](CC(C)C)C(=O)NCB(O)O)C(C)O. The van der Waals surface area contributed by atoms with Crippen LogP contribution in [-0.2, 0) is 33.6 Å². The number of rotatable bonds is 30. The van der Waals surface area contributed by atoms with Crippen LogP contribution in [0.15, 0.2) is 0 Å². The van der Waals surface area contributed by atoms with Crippen molar-refractivity contribution < 1.29 is 53.8 Å². The molecule has 20 heteroatoms. The molecule has 0 aliphatic heterocycles. The molecule has 56 heavy (non-hydrogen) atoms. The number of unbranched alkanes of at least 4 members (excludes halogenated alkanes) is 10. The smallest absolute Gasteiger partial charge is 0.426 e. The number of nitrogens with two attached hydrogens (primary N) is 1. The number of carbonyl (C=O) groups is 7. The minimum atomic E-state index is -1.82. The third-order valence-corrected chi connectivity index (χ3v) is 8.92. The third-order valence-electron chi connectivity index (χ3n) is 8.92. The minimum Gasteiger partial charge on any atom is -0.426 e. The van der Waals surface area contributed by atoms with Crippen molar-refractivity contribution in [2.24, 2.45) is 11.7 Å². The minimum absolute atomic E-state index is 0.0751. The Morgan fingerprint density at radius 1 is 0.679 bits per heavy atom. The largest absolute Gasteiger partial charge is 0.472 e. The highest BCUT2D eigenvalue weighted by Gasteiger charge is 2.34. The van der Waals surface area contributed by atoms with E-state index in [1.54, 1.807) is 13.8 Å². The summed E-state index contributed by atoms with van der Waals surface area (Å²) in [6, 6.07) is -5.19. The highest BCUT2D eigenvalue weighted by atomic mass is 16.4. The van der Waals surface area contributed by atoms with Crippen LogP contribution in [0, 0.1) is 5.92 Å². The zero-order chi connectivity index (χ0) is 42.8. The van der Waals surface area contributed by atoms with Crippen molar-refractivity contribution >= 4 is 48.5 Å². The van der Waals surface area contributed by atoms with Crippen molar-refractivity contribution in [3.05, 3.63) is 0 Å². The standard InChI is InChI=1S/C36H69BN8O11/c1-7-8-9-10-11-12-13-14-15-16-17-18-28(48)42-27(21-46)34(52)41-24(4)32(50)39-20-29(49)45(6)30(25(5)47)35(53)44-31(38)36(54)43-26(19-23(2)3)33(51)40-22-37(55)56/h23-27,30-31,46-47,55-56H,7-22,38H2,1-6H3,(H,39,50)(H,40,51)(H,41,52)(H,42,48)(H,43,54)(H,44,53)/t24-,25?,26+,27-,30+,31-/m1/s1. The van der Waals surface area contributed by atoms with E-state index in [0.717, 1.165) is 24.2 Å². The molecule has 0 aliphatic rings. The number of likely N-dealkylation sites (N-methyl/N-ethyl adjacent to an activating group) is 1. The number of carbonyl (C=O) groups excluding carboxylic acids is 7. The molecule has 0 saturated heterocycles. The normalized spacial score (nSPS) is 14.3. The maximum Gasteiger partial charge on any atom is 0.472 e. The molecule has 0 aromatic carbocycles. The summed E-state index contributed by atoms with van der Waals surface area (Å²) in [6.07, 6.45) is 9.01. The highest BCUT2D eigenvalue weighted by Crippen LogP contribution is 2.12. The molecule has 322 valence electrons. The summed E-state index contributed by atoms with van der Waals surface area (Å²) in [5.74, 6) is -5.64. The van der Waals surface area contributed by atoms with Gasteiger partial charge in [0, 0.05) is 13.5 Å². The topological polar surface area (TPSA) is 302 Å². The van der Waals surface area contributed by atoms with E-state index >= 15 is 0 Å². The van der Waals surface area contributed by atoms with Crippen LogP contribution in [0.4, 0.5) is 0 Å². The summed E-state index contributed by atoms with van der Waals surface area (Å²) in [5, 5.41) is 52.1. The lowest BCUT2D eigenvalue weighted by molar-refractivity contribution is -0.144. The molecule has 7 amide bonds. The predicted octanol–water partition coefficient (Wildman–Crippen LogP) is -1.95. The van der Waals surface area contributed by atoms with Gasteiger partial charge in [0.25, 0.3) is 5.91 Å².